The molecule has 0 unspecified atom stereocenters. The van der Waals surface area contributed by atoms with E-state index in [0.29, 0.717) is 6.54 Å². The maximum absolute atomic E-state index is 11.8. The molecule has 2 rings (SSSR count). The Kier molecular flexibility index (Phi) is 4.37. The van der Waals surface area contributed by atoms with Crippen LogP contribution in [0.2, 0.25) is 0 Å². The Balaban J connectivity index is 1.72. The van der Waals surface area contributed by atoms with Gasteiger partial charge in [0.25, 0.3) is 10.2 Å². The highest BCUT2D eigenvalue weighted by molar-refractivity contribution is 7.87. The van der Waals surface area contributed by atoms with Crippen molar-refractivity contribution >= 4 is 10.2 Å². The number of aryl methyl sites for hydroxylation is 1. The molecule has 1 aliphatic rings. The van der Waals surface area contributed by atoms with Crippen LogP contribution in [0.15, 0.2) is 30.3 Å². The molecule has 100 valence electrons. The van der Waals surface area contributed by atoms with E-state index in [1.165, 1.54) is 9.87 Å². The van der Waals surface area contributed by atoms with E-state index in [2.05, 4.69) is 16.9 Å². The smallest absolute Gasteiger partial charge is 0.202 e. The van der Waals surface area contributed by atoms with Crippen molar-refractivity contribution in [2.75, 3.05) is 13.6 Å². The second-order valence-corrected chi connectivity index (χ2v) is 6.55. The van der Waals surface area contributed by atoms with Gasteiger partial charge < -0.3 is 0 Å². The van der Waals surface area contributed by atoms with E-state index in [4.69, 9.17) is 0 Å². The molecule has 0 spiro atoms. The van der Waals surface area contributed by atoms with E-state index >= 15 is 0 Å². The minimum atomic E-state index is -3.27. The second-order valence-electron chi connectivity index (χ2n) is 4.74. The molecular weight excluding hydrogens is 248 g/mol. The SMILES string of the molecule is CN(C1CC1)S(=O)(=O)NCCCc1ccccc1. The van der Waals surface area contributed by atoms with E-state index in [1.807, 2.05) is 18.2 Å². The normalized spacial score (nSPS) is 16.1. The van der Waals surface area contributed by atoms with Gasteiger partial charge in [0, 0.05) is 19.6 Å². The van der Waals surface area contributed by atoms with Crippen molar-refractivity contribution in [1.82, 2.24) is 9.03 Å². The summed E-state index contributed by atoms with van der Waals surface area (Å²) in [5.41, 5.74) is 1.24. The fraction of sp³-hybridized carbons (Fsp3) is 0.538. The van der Waals surface area contributed by atoms with Gasteiger partial charge in [0.15, 0.2) is 0 Å². The summed E-state index contributed by atoms with van der Waals surface area (Å²) in [7, 11) is -1.62. The summed E-state index contributed by atoms with van der Waals surface area (Å²) in [6, 6.07) is 10.3. The summed E-state index contributed by atoms with van der Waals surface area (Å²) in [6.07, 6.45) is 3.70. The van der Waals surface area contributed by atoms with Crippen LogP contribution >= 0.6 is 0 Å². The first-order valence-corrected chi connectivity index (χ1v) is 7.80. The van der Waals surface area contributed by atoms with E-state index < -0.39 is 10.2 Å². The van der Waals surface area contributed by atoms with Crippen molar-refractivity contribution in [2.45, 2.75) is 31.7 Å². The standard InChI is InChI=1S/C13H20N2O2S/c1-15(13-9-10-13)18(16,17)14-11-5-8-12-6-3-2-4-7-12/h2-4,6-7,13-14H,5,8-11H2,1H3. The molecule has 0 atom stereocenters. The van der Waals surface area contributed by atoms with Crippen molar-refractivity contribution in [3.05, 3.63) is 35.9 Å². The van der Waals surface area contributed by atoms with Gasteiger partial charge in [0.1, 0.15) is 0 Å². The lowest BCUT2D eigenvalue weighted by molar-refractivity contribution is 0.452. The number of nitrogens with one attached hydrogen (secondary N) is 1. The first kappa shape index (κ1) is 13.5. The fourth-order valence-corrected chi connectivity index (χ4v) is 3.08. The Labute approximate surface area is 109 Å². The van der Waals surface area contributed by atoms with Crippen LogP contribution in [0.4, 0.5) is 0 Å². The van der Waals surface area contributed by atoms with E-state index in [-0.39, 0.29) is 6.04 Å². The Hall–Kier alpha value is -0.910. The number of hydrogen-bond acceptors (Lipinski definition) is 2. The number of rotatable bonds is 7. The Morgan fingerprint density at radius 2 is 1.94 bits per heavy atom. The zero-order valence-corrected chi connectivity index (χ0v) is 11.5. The first-order valence-electron chi connectivity index (χ1n) is 6.36. The lowest BCUT2D eigenvalue weighted by Gasteiger charge is -2.16. The average molecular weight is 268 g/mol. The van der Waals surface area contributed by atoms with Gasteiger partial charge in [-0.15, -0.1) is 0 Å². The summed E-state index contributed by atoms with van der Waals surface area (Å²) in [5, 5.41) is 0. The minimum Gasteiger partial charge on any atom is -0.202 e. The van der Waals surface area contributed by atoms with Crippen LogP contribution in [0.5, 0.6) is 0 Å². The maximum Gasteiger partial charge on any atom is 0.279 e. The third-order valence-corrected chi connectivity index (χ3v) is 4.84. The van der Waals surface area contributed by atoms with Crippen LogP contribution < -0.4 is 4.72 Å². The zero-order valence-electron chi connectivity index (χ0n) is 10.7. The minimum absolute atomic E-state index is 0.219. The summed E-state index contributed by atoms with van der Waals surface area (Å²) >= 11 is 0. The van der Waals surface area contributed by atoms with Crippen LogP contribution in [0.3, 0.4) is 0 Å². The van der Waals surface area contributed by atoms with Crippen LogP contribution in [0.1, 0.15) is 24.8 Å². The monoisotopic (exact) mass is 268 g/mol. The van der Waals surface area contributed by atoms with Gasteiger partial charge in [-0.2, -0.15) is 12.7 Å². The highest BCUT2D eigenvalue weighted by Gasteiger charge is 2.33. The van der Waals surface area contributed by atoms with Gasteiger partial charge in [-0.25, -0.2) is 4.72 Å². The molecule has 0 heterocycles. The van der Waals surface area contributed by atoms with Crippen LogP contribution in [-0.4, -0.2) is 32.4 Å². The Morgan fingerprint density at radius 1 is 1.28 bits per heavy atom. The molecule has 0 radical (unpaired) electrons. The van der Waals surface area contributed by atoms with Crippen molar-refractivity contribution in [1.29, 1.82) is 0 Å². The molecule has 1 N–H and O–H groups in total. The zero-order chi connectivity index (χ0) is 13.0. The molecule has 0 aliphatic heterocycles. The van der Waals surface area contributed by atoms with Crippen molar-refractivity contribution < 1.29 is 8.42 Å². The third-order valence-electron chi connectivity index (χ3n) is 3.21. The van der Waals surface area contributed by atoms with Crippen molar-refractivity contribution in [3.8, 4) is 0 Å². The summed E-state index contributed by atoms with van der Waals surface area (Å²) in [6.45, 7) is 0.494. The molecule has 1 aromatic carbocycles. The summed E-state index contributed by atoms with van der Waals surface area (Å²) in [4.78, 5) is 0. The molecule has 0 bridgehead atoms. The lowest BCUT2D eigenvalue weighted by atomic mass is 10.1. The molecule has 1 fully saturated rings. The summed E-state index contributed by atoms with van der Waals surface area (Å²) in [5.74, 6) is 0. The Morgan fingerprint density at radius 3 is 2.56 bits per heavy atom. The highest BCUT2D eigenvalue weighted by atomic mass is 32.2. The molecule has 1 aromatic rings. The molecule has 0 aromatic heterocycles. The van der Waals surface area contributed by atoms with Gasteiger partial charge in [0.05, 0.1) is 0 Å². The van der Waals surface area contributed by atoms with E-state index in [1.54, 1.807) is 7.05 Å². The van der Waals surface area contributed by atoms with Gasteiger partial charge in [-0.05, 0) is 31.2 Å². The van der Waals surface area contributed by atoms with Gasteiger partial charge in [0.2, 0.25) is 0 Å². The molecule has 1 saturated carbocycles. The third kappa shape index (κ3) is 3.80. The van der Waals surface area contributed by atoms with Crippen LogP contribution in [-0.2, 0) is 16.6 Å². The molecule has 18 heavy (non-hydrogen) atoms. The topological polar surface area (TPSA) is 49.4 Å². The second kappa shape index (κ2) is 5.82. The molecule has 4 nitrogen and oxygen atoms in total. The molecule has 0 amide bonds. The van der Waals surface area contributed by atoms with Gasteiger partial charge in [-0.3, -0.25) is 0 Å². The largest absolute Gasteiger partial charge is 0.279 e. The van der Waals surface area contributed by atoms with Gasteiger partial charge in [-0.1, -0.05) is 30.3 Å². The van der Waals surface area contributed by atoms with Crippen molar-refractivity contribution in [3.63, 3.8) is 0 Å². The molecule has 1 aliphatic carbocycles. The van der Waals surface area contributed by atoms with E-state index in [0.717, 1.165) is 25.7 Å². The van der Waals surface area contributed by atoms with Crippen LogP contribution in [0, 0.1) is 0 Å². The molecule has 5 heteroatoms. The average Bonchev–Trinajstić information content (AvgIpc) is 3.19. The summed E-state index contributed by atoms with van der Waals surface area (Å²) < 4.78 is 27.8. The molecular formula is C13H20N2O2S. The quantitative estimate of drug-likeness (QED) is 0.763. The number of hydrogen-bond donors (Lipinski definition) is 1. The number of benzene rings is 1. The highest BCUT2D eigenvalue weighted by Crippen LogP contribution is 2.26. The maximum atomic E-state index is 11.8. The first-order chi connectivity index (χ1) is 8.59. The predicted molar refractivity (Wildman–Crippen MR) is 72.5 cm³/mol. The molecule has 0 saturated heterocycles. The van der Waals surface area contributed by atoms with Crippen molar-refractivity contribution in [2.24, 2.45) is 0 Å². The Bertz CT molecular complexity index is 469. The van der Waals surface area contributed by atoms with Gasteiger partial charge >= 0.3 is 0 Å². The van der Waals surface area contributed by atoms with Crippen LogP contribution in [0.25, 0.3) is 0 Å². The predicted octanol–water partition coefficient (Wildman–Crippen LogP) is 1.55. The lowest BCUT2D eigenvalue weighted by Crippen LogP contribution is -2.39. The van der Waals surface area contributed by atoms with E-state index in [9.17, 15) is 8.42 Å². The number of nitrogens with zero attached hydrogens (tertiary/aromatic N) is 1. The fourth-order valence-electron chi connectivity index (χ4n) is 1.87.